The third-order valence-electron chi connectivity index (χ3n) is 2.13. The average molecular weight is 320 g/mol. The fourth-order valence-corrected chi connectivity index (χ4v) is 3.30. The first-order valence-corrected chi connectivity index (χ1v) is 8.64. The van der Waals surface area contributed by atoms with Crippen molar-refractivity contribution in [2.75, 3.05) is 25.2 Å². The molecule has 1 aromatic rings. The fourth-order valence-electron chi connectivity index (χ4n) is 1.29. The van der Waals surface area contributed by atoms with Crippen molar-refractivity contribution in [2.45, 2.75) is 4.90 Å². The van der Waals surface area contributed by atoms with E-state index in [1.165, 1.54) is 12.1 Å². The van der Waals surface area contributed by atoms with Gasteiger partial charge in [-0.05, 0) is 24.5 Å². The Morgan fingerprint density at radius 1 is 1.47 bits per heavy atom. The molecule has 0 saturated heterocycles. The number of halogens is 1. The topological polar surface area (TPSA) is 66.4 Å². The van der Waals surface area contributed by atoms with Crippen molar-refractivity contribution in [3.05, 3.63) is 28.8 Å². The standard InChI is InChI=1S/C12H14ClNO3S2/c1-18-8-6-14-19(16,17)12-5-4-10(3-2-7-15)9-11(12)13/h4-5,9,14-15H,6-8H2,1H3. The van der Waals surface area contributed by atoms with E-state index in [1.807, 2.05) is 6.26 Å². The molecule has 0 saturated carbocycles. The Morgan fingerprint density at radius 2 is 2.21 bits per heavy atom. The SMILES string of the molecule is CSCCNS(=O)(=O)c1ccc(C#CCO)cc1Cl. The van der Waals surface area contributed by atoms with Crippen LogP contribution < -0.4 is 4.72 Å². The maximum Gasteiger partial charge on any atom is 0.242 e. The number of hydrogen-bond acceptors (Lipinski definition) is 4. The molecule has 0 aromatic heterocycles. The normalized spacial score (nSPS) is 10.9. The molecule has 0 radical (unpaired) electrons. The highest BCUT2D eigenvalue weighted by molar-refractivity contribution is 7.98. The first-order valence-electron chi connectivity index (χ1n) is 5.39. The zero-order valence-corrected chi connectivity index (χ0v) is 12.7. The highest BCUT2D eigenvalue weighted by Gasteiger charge is 2.17. The van der Waals surface area contributed by atoms with Crippen molar-refractivity contribution in [1.82, 2.24) is 4.72 Å². The molecule has 2 N–H and O–H groups in total. The van der Waals surface area contributed by atoms with Crippen LogP contribution in [0.5, 0.6) is 0 Å². The van der Waals surface area contributed by atoms with E-state index in [0.717, 1.165) is 0 Å². The van der Waals surface area contributed by atoms with Crippen molar-refractivity contribution < 1.29 is 13.5 Å². The number of aliphatic hydroxyl groups excluding tert-OH is 1. The highest BCUT2D eigenvalue weighted by atomic mass is 35.5. The van der Waals surface area contributed by atoms with Gasteiger partial charge in [-0.1, -0.05) is 23.4 Å². The minimum Gasteiger partial charge on any atom is -0.384 e. The lowest BCUT2D eigenvalue weighted by Gasteiger charge is -2.08. The van der Waals surface area contributed by atoms with Crippen LogP contribution in [0.3, 0.4) is 0 Å². The van der Waals surface area contributed by atoms with Crippen LogP contribution in [0.4, 0.5) is 0 Å². The van der Waals surface area contributed by atoms with E-state index in [0.29, 0.717) is 17.9 Å². The Morgan fingerprint density at radius 3 is 2.79 bits per heavy atom. The molecular formula is C12H14ClNO3S2. The molecule has 0 heterocycles. The second kappa shape index (κ2) is 7.78. The summed E-state index contributed by atoms with van der Waals surface area (Å²) in [5.41, 5.74) is 0.558. The lowest BCUT2D eigenvalue weighted by Crippen LogP contribution is -2.26. The summed E-state index contributed by atoms with van der Waals surface area (Å²) in [6, 6.07) is 4.43. The molecule has 1 rings (SSSR count). The Balaban J connectivity index is 2.95. The summed E-state index contributed by atoms with van der Waals surface area (Å²) in [7, 11) is -3.59. The largest absolute Gasteiger partial charge is 0.384 e. The number of thioether (sulfide) groups is 1. The van der Waals surface area contributed by atoms with Crippen LogP contribution in [-0.4, -0.2) is 38.7 Å². The Hall–Kier alpha value is -0.710. The van der Waals surface area contributed by atoms with E-state index < -0.39 is 10.0 Å². The molecule has 0 atom stereocenters. The molecule has 0 amide bonds. The summed E-state index contributed by atoms with van der Waals surface area (Å²) in [5, 5.41) is 8.70. The van der Waals surface area contributed by atoms with Crippen LogP contribution in [0.25, 0.3) is 0 Å². The zero-order valence-electron chi connectivity index (χ0n) is 10.3. The summed E-state index contributed by atoms with van der Waals surface area (Å²) < 4.78 is 26.4. The molecule has 0 aliphatic carbocycles. The average Bonchev–Trinajstić information content (AvgIpc) is 2.36. The number of aliphatic hydroxyl groups is 1. The van der Waals surface area contributed by atoms with Crippen LogP contribution >= 0.6 is 23.4 Å². The Kier molecular flexibility index (Phi) is 6.69. The molecule has 0 aliphatic rings. The maximum absolute atomic E-state index is 12.0. The molecule has 0 bridgehead atoms. The van der Waals surface area contributed by atoms with Gasteiger partial charge in [0.2, 0.25) is 10.0 Å². The van der Waals surface area contributed by atoms with Crippen molar-refractivity contribution >= 4 is 33.4 Å². The third kappa shape index (κ3) is 5.05. The van der Waals surface area contributed by atoms with E-state index in [4.69, 9.17) is 16.7 Å². The van der Waals surface area contributed by atoms with Gasteiger partial charge in [0.25, 0.3) is 0 Å². The predicted molar refractivity (Wildman–Crippen MR) is 79.0 cm³/mol. The number of nitrogens with one attached hydrogen (secondary N) is 1. The van der Waals surface area contributed by atoms with Crippen molar-refractivity contribution in [2.24, 2.45) is 0 Å². The van der Waals surface area contributed by atoms with Gasteiger partial charge >= 0.3 is 0 Å². The molecule has 0 unspecified atom stereocenters. The van der Waals surface area contributed by atoms with E-state index in [2.05, 4.69) is 16.6 Å². The van der Waals surface area contributed by atoms with Crippen LogP contribution in [0.1, 0.15) is 5.56 Å². The number of sulfonamides is 1. The smallest absolute Gasteiger partial charge is 0.242 e. The monoisotopic (exact) mass is 319 g/mol. The van der Waals surface area contributed by atoms with Gasteiger partial charge in [-0.3, -0.25) is 0 Å². The van der Waals surface area contributed by atoms with Gasteiger partial charge in [-0.15, -0.1) is 0 Å². The van der Waals surface area contributed by atoms with Crippen molar-refractivity contribution in [3.63, 3.8) is 0 Å². The van der Waals surface area contributed by atoms with E-state index in [9.17, 15) is 8.42 Å². The molecule has 19 heavy (non-hydrogen) atoms. The first-order chi connectivity index (χ1) is 9.01. The van der Waals surface area contributed by atoms with Crippen molar-refractivity contribution in [1.29, 1.82) is 0 Å². The summed E-state index contributed by atoms with van der Waals surface area (Å²) in [5.74, 6) is 5.83. The molecule has 0 aliphatic heterocycles. The van der Waals surface area contributed by atoms with Crippen LogP contribution in [0.2, 0.25) is 5.02 Å². The predicted octanol–water partition coefficient (Wildman–Crippen LogP) is 1.33. The fraction of sp³-hybridized carbons (Fsp3) is 0.333. The molecule has 0 fully saturated rings. The van der Waals surface area contributed by atoms with Crippen LogP contribution in [0, 0.1) is 11.8 Å². The first kappa shape index (κ1) is 16.3. The second-order valence-electron chi connectivity index (χ2n) is 3.50. The lowest BCUT2D eigenvalue weighted by atomic mass is 10.2. The molecule has 0 spiro atoms. The molecule has 7 heteroatoms. The molecule has 104 valence electrons. The van der Waals surface area contributed by atoms with Crippen LogP contribution in [0.15, 0.2) is 23.1 Å². The van der Waals surface area contributed by atoms with E-state index in [-0.39, 0.29) is 16.5 Å². The van der Waals surface area contributed by atoms with Crippen molar-refractivity contribution in [3.8, 4) is 11.8 Å². The lowest BCUT2D eigenvalue weighted by molar-refractivity contribution is 0.350. The van der Waals surface area contributed by atoms with Gasteiger partial charge in [0.05, 0.1) is 5.02 Å². The Bertz CT molecular complexity index is 591. The molecule has 1 aromatic carbocycles. The van der Waals surface area contributed by atoms with Gasteiger partial charge in [0, 0.05) is 17.9 Å². The number of hydrogen-bond donors (Lipinski definition) is 2. The van der Waals surface area contributed by atoms with E-state index in [1.54, 1.807) is 17.8 Å². The van der Waals surface area contributed by atoms with Gasteiger partial charge in [0.1, 0.15) is 11.5 Å². The number of rotatable bonds is 5. The summed E-state index contributed by atoms with van der Waals surface area (Å²) in [6.07, 6.45) is 1.90. The zero-order chi connectivity index (χ0) is 14.3. The van der Waals surface area contributed by atoms with Gasteiger partial charge < -0.3 is 5.11 Å². The summed E-state index contributed by atoms with van der Waals surface area (Å²) in [4.78, 5) is 0.0322. The maximum atomic E-state index is 12.0. The number of benzene rings is 1. The highest BCUT2D eigenvalue weighted by Crippen LogP contribution is 2.22. The quantitative estimate of drug-likeness (QED) is 0.634. The summed E-state index contributed by atoms with van der Waals surface area (Å²) in [6.45, 7) is 0.0970. The van der Waals surface area contributed by atoms with Gasteiger partial charge in [-0.25, -0.2) is 13.1 Å². The summed E-state index contributed by atoms with van der Waals surface area (Å²) >= 11 is 7.50. The van der Waals surface area contributed by atoms with Gasteiger partial charge in [-0.2, -0.15) is 11.8 Å². The molecular weight excluding hydrogens is 306 g/mol. The van der Waals surface area contributed by atoms with Crippen LogP contribution in [-0.2, 0) is 10.0 Å². The van der Waals surface area contributed by atoms with Gasteiger partial charge in [0.15, 0.2) is 0 Å². The third-order valence-corrected chi connectivity index (χ3v) is 4.69. The minimum absolute atomic E-state index is 0.0322. The second-order valence-corrected chi connectivity index (χ2v) is 6.62. The van der Waals surface area contributed by atoms with E-state index >= 15 is 0 Å². The molecule has 4 nitrogen and oxygen atoms in total. The minimum atomic E-state index is -3.59. The Labute approximate surface area is 122 Å².